The highest BCUT2D eigenvalue weighted by Gasteiger charge is 2.29. The van der Waals surface area contributed by atoms with E-state index in [9.17, 15) is 13.2 Å². The van der Waals surface area contributed by atoms with Crippen LogP contribution < -0.4 is 4.90 Å². The minimum absolute atomic E-state index is 0.169. The highest BCUT2D eigenvalue weighted by molar-refractivity contribution is 7.90. The van der Waals surface area contributed by atoms with E-state index in [1.807, 2.05) is 20.0 Å². The highest BCUT2D eigenvalue weighted by Crippen LogP contribution is 2.40. The molecule has 0 spiro atoms. The molecule has 0 N–H and O–H groups in total. The molecule has 1 aliphatic carbocycles. The van der Waals surface area contributed by atoms with Gasteiger partial charge in [-0.15, -0.1) is 0 Å². The van der Waals surface area contributed by atoms with Gasteiger partial charge in [-0.05, 0) is 50.1 Å². The zero-order valence-corrected chi connectivity index (χ0v) is 17.1. The lowest BCUT2D eigenvalue weighted by atomic mass is 10.1. The van der Waals surface area contributed by atoms with Crippen LogP contribution in [0.3, 0.4) is 0 Å². The molecule has 7 nitrogen and oxygen atoms in total. The Hall–Kier alpha value is -2.74. The van der Waals surface area contributed by atoms with Crippen molar-refractivity contribution in [3.8, 4) is 0 Å². The number of sulfone groups is 1. The van der Waals surface area contributed by atoms with Crippen molar-refractivity contribution >= 4 is 32.5 Å². The average molecular weight is 398 g/mol. The molecule has 8 heteroatoms. The standard InChI is InChI=1S/C20H22N4O3S/c1-12-18-16(11-17(13-5-6-13)21-19(18)24(3)22-12)20(25)23(2)14-7-9-15(10-8-14)28(4,26)27/h7-11,13H,5-6H2,1-4H3. The molecule has 1 aliphatic rings. The zero-order valence-electron chi connectivity index (χ0n) is 16.3. The number of hydrogen-bond acceptors (Lipinski definition) is 5. The second kappa shape index (κ2) is 6.41. The number of amides is 1. The summed E-state index contributed by atoms with van der Waals surface area (Å²) in [5.74, 6) is 0.239. The van der Waals surface area contributed by atoms with Gasteiger partial charge in [0.1, 0.15) is 0 Å². The monoisotopic (exact) mass is 398 g/mol. The molecule has 0 unspecified atom stereocenters. The Kier molecular flexibility index (Phi) is 4.26. The second-order valence-corrected chi connectivity index (χ2v) is 9.42. The molecule has 2 heterocycles. The van der Waals surface area contributed by atoms with Crippen molar-refractivity contribution in [2.45, 2.75) is 30.6 Å². The smallest absolute Gasteiger partial charge is 0.258 e. The first kappa shape index (κ1) is 18.6. The van der Waals surface area contributed by atoms with Crippen molar-refractivity contribution in [2.75, 3.05) is 18.2 Å². The first-order chi connectivity index (χ1) is 13.2. The molecule has 1 saturated carbocycles. The van der Waals surface area contributed by atoms with Crippen LogP contribution >= 0.6 is 0 Å². The van der Waals surface area contributed by atoms with Gasteiger partial charge in [0.2, 0.25) is 0 Å². The van der Waals surface area contributed by atoms with Crippen LogP contribution in [-0.4, -0.2) is 42.4 Å². The van der Waals surface area contributed by atoms with Crippen LogP contribution in [-0.2, 0) is 16.9 Å². The molecule has 3 aromatic rings. The Bertz CT molecular complexity index is 1190. The minimum Gasteiger partial charge on any atom is -0.311 e. The third kappa shape index (κ3) is 3.17. The number of aryl methyl sites for hydroxylation is 2. The van der Waals surface area contributed by atoms with E-state index in [0.29, 0.717) is 22.8 Å². The molecule has 1 amide bonds. The summed E-state index contributed by atoms with van der Waals surface area (Å²) in [7, 11) is 0.241. The molecule has 0 radical (unpaired) electrons. The van der Waals surface area contributed by atoms with Crippen LogP contribution in [0, 0.1) is 6.92 Å². The molecule has 1 fully saturated rings. The number of carbonyl (C=O) groups is 1. The van der Waals surface area contributed by atoms with Gasteiger partial charge in [0, 0.05) is 37.7 Å². The molecule has 146 valence electrons. The molecule has 0 atom stereocenters. The summed E-state index contributed by atoms with van der Waals surface area (Å²) in [5.41, 5.74) is 3.60. The molecule has 2 aromatic heterocycles. The van der Waals surface area contributed by atoms with Gasteiger partial charge >= 0.3 is 0 Å². The predicted molar refractivity (Wildman–Crippen MR) is 108 cm³/mol. The SMILES string of the molecule is Cc1nn(C)c2nc(C3CC3)cc(C(=O)N(C)c3ccc(S(C)(=O)=O)cc3)c12. The molecule has 4 rings (SSSR count). The van der Waals surface area contributed by atoms with Gasteiger partial charge in [-0.3, -0.25) is 9.48 Å². The van der Waals surface area contributed by atoms with Gasteiger partial charge in [-0.1, -0.05) is 0 Å². The van der Waals surface area contributed by atoms with Gasteiger partial charge in [0.25, 0.3) is 5.91 Å². The number of benzene rings is 1. The van der Waals surface area contributed by atoms with Gasteiger partial charge in [0.05, 0.1) is 21.5 Å². The summed E-state index contributed by atoms with van der Waals surface area (Å²) in [5, 5.41) is 5.20. The summed E-state index contributed by atoms with van der Waals surface area (Å²) >= 11 is 0. The summed E-state index contributed by atoms with van der Waals surface area (Å²) in [6.07, 6.45) is 3.34. The lowest BCUT2D eigenvalue weighted by Crippen LogP contribution is -2.26. The van der Waals surface area contributed by atoms with Gasteiger partial charge < -0.3 is 4.90 Å². The van der Waals surface area contributed by atoms with Crippen LogP contribution in [0.2, 0.25) is 0 Å². The Morgan fingerprint density at radius 1 is 1.21 bits per heavy atom. The summed E-state index contributed by atoms with van der Waals surface area (Å²) in [6, 6.07) is 8.20. The molecule has 1 aromatic carbocycles. The van der Waals surface area contributed by atoms with Gasteiger partial charge in [-0.25, -0.2) is 13.4 Å². The minimum atomic E-state index is -3.28. The Balaban J connectivity index is 1.77. The lowest BCUT2D eigenvalue weighted by molar-refractivity contribution is 0.0994. The number of anilines is 1. The van der Waals surface area contributed by atoms with Crippen LogP contribution in [0.15, 0.2) is 35.2 Å². The number of pyridine rings is 1. The molecule has 28 heavy (non-hydrogen) atoms. The fraction of sp³-hybridized carbons (Fsp3) is 0.350. The highest BCUT2D eigenvalue weighted by atomic mass is 32.2. The van der Waals surface area contributed by atoms with Crippen LogP contribution in [0.1, 0.15) is 40.5 Å². The quantitative estimate of drug-likeness (QED) is 0.675. The molecular weight excluding hydrogens is 376 g/mol. The third-order valence-corrected chi connectivity index (χ3v) is 6.30. The fourth-order valence-electron chi connectivity index (χ4n) is 3.44. The van der Waals surface area contributed by atoms with E-state index in [1.54, 1.807) is 23.9 Å². The van der Waals surface area contributed by atoms with Crippen molar-refractivity contribution in [3.63, 3.8) is 0 Å². The summed E-state index contributed by atoms with van der Waals surface area (Å²) in [4.78, 5) is 19.8. The van der Waals surface area contributed by atoms with Crippen molar-refractivity contribution < 1.29 is 13.2 Å². The van der Waals surface area contributed by atoms with Crippen LogP contribution in [0.4, 0.5) is 5.69 Å². The van der Waals surface area contributed by atoms with Gasteiger partial charge in [0.15, 0.2) is 15.5 Å². The van der Waals surface area contributed by atoms with E-state index in [-0.39, 0.29) is 10.8 Å². The van der Waals surface area contributed by atoms with Crippen molar-refractivity contribution in [2.24, 2.45) is 7.05 Å². The van der Waals surface area contributed by atoms with E-state index in [2.05, 4.69) is 5.10 Å². The number of rotatable bonds is 4. The van der Waals surface area contributed by atoms with E-state index in [0.717, 1.165) is 35.9 Å². The maximum Gasteiger partial charge on any atom is 0.258 e. The van der Waals surface area contributed by atoms with Gasteiger partial charge in [-0.2, -0.15) is 5.10 Å². The number of hydrogen-bond donors (Lipinski definition) is 0. The number of fused-ring (bicyclic) bond motifs is 1. The Morgan fingerprint density at radius 2 is 1.86 bits per heavy atom. The maximum absolute atomic E-state index is 13.3. The van der Waals surface area contributed by atoms with E-state index >= 15 is 0 Å². The largest absolute Gasteiger partial charge is 0.311 e. The summed E-state index contributed by atoms with van der Waals surface area (Å²) in [6.45, 7) is 1.87. The van der Waals surface area contributed by atoms with E-state index in [4.69, 9.17) is 4.98 Å². The molecule has 0 saturated heterocycles. The summed E-state index contributed by atoms with van der Waals surface area (Å²) < 4.78 is 25.0. The third-order valence-electron chi connectivity index (χ3n) is 5.17. The lowest BCUT2D eigenvalue weighted by Gasteiger charge is -2.19. The van der Waals surface area contributed by atoms with Crippen molar-refractivity contribution in [1.29, 1.82) is 0 Å². The van der Waals surface area contributed by atoms with Crippen molar-refractivity contribution in [1.82, 2.24) is 14.8 Å². The van der Waals surface area contributed by atoms with E-state index in [1.165, 1.54) is 17.0 Å². The number of carbonyl (C=O) groups excluding carboxylic acids is 1. The molecular formula is C20H22N4O3S. The van der Waals surface area contributed by atoms with Crippen molar-refractivity contribution in [3.05, 3.63) is 47.3 Å². The molecule has 0 aliphatic heterocycles. The Labute approximate surface area is 163 Å². The van der Waals surface area contributed by atoms with E-state index < -0.39 is 9.84 Å². The molecule has 0 bridgehead atoms. The maximum atomic E-state index is 13.3. The Morgan fingerprint density at radius 3 is 2.43 bits per heavy atom. The normalized spacial score (nSPS) is 14.4. The average Bonchev–Trinajstić information content (AvgIpc) is 3.46. The second-order valence-electron chi connectivity index (χ2n) is 7.41. The zero-order chi connectivity index (χ0) is 20.2. The number of aromatic nitrogens is 3. The fourth-order valence-corrected chi connectivity index (χ4v) is 4.07. The number of nitrogens with zero attached hydrogens (tertiary/aromatic N) is 4. The topological polar surface area (TPSA) is 85.2 Å². The first-order valence-electron chi connectivity index (χ1n) is 9.09. The van der Waals surface area contributed by atoms with Crippen LogP contribution in [0.25, 0.3) is 11.0 Å². The van der Waals surface area contributed by atoms with Crippen LogP contribution in [0.5, 0.6) is 0 Å². The first-order valence-corrected chi connectivity index (χ1v) is 11.0. The predicted octanol–water partition coefficient (Wildman–Crippen LogP) is 2.83.